The van der Waals surface area contributed by atoms with Gasteiger partial charge in [-0.05, 0) is 93.7 Å². The van der Waals surface area contributed by atoms with Crippen LogP contribution in [0.15, 0.2) is 150 Å². The Bertz CT molecular complexity index is 2530. The third-order valence-electron chi connectivity index (χ3n) is 8.61. The van der Waals surface area contributed by atoms with Crippen LogP contribution in [0.4, 0.5) is 0 Å². The maximum Gasteiger partial charge on any atom is 0.0547 e. The molecule has 0 atom stereocenters. The van der Waals surface area contributed by atoms with Crippen LogP contribution in [-0.4, -0.2) is 4.57 Å². The van der Waals surface area contributed by atoms with Crippen molar-refractivity contribution in [2.24, 2.45) is 0 Å². The molecule has 0 spiro atoms. The summed E-state index contributed by atoms with van der Waals surface area (Å²) in [5, 5.41) is 7.67. The fourth-order valence-corrected chi connectivity index (χ4v) is 8.15. The highest BCUT2D eigenvalue weighted by Crippen LogP contribution is 2.39. The van der Waals surface area contributed by atoms with Crippen LogP contribution >= 0.6 is 27.3 Å². The first-order chi connectivity index (χ1) is 21.2. The van der Waals surface area contributed by atoms with Crippen LogP contribution in [-0.2, 0) is 0 Å². The van der Waals surface area contributed by atoms with Gasteiger partial charge in [-0.3, -0.25) is 0 Å². The highest BCUT2D eigenvalue weighted by atomic mass is 79.9. The molecular formula is C40H24BrNS. The molecule has 2 heterocycles. The van der Waals surface area contributed by atoms with Crippen molar-refractivity contribution >= 4 is 80.0 Å². The third-order valence-corrected chi connectivity index (χ3v) is 10.2. The summed E-state index contributed by atoms with van der Waals surface area (Å²) in [6, 6.07) is 53.3. The fourth-order valence-electron chi connectivity index (χ4n) is 6.57. The highest BCUT2D eigenvalue weighted by molar-refractivity contribution is 9.10. The van der Waals surface area contributed by atoms with E-state index in [1.54, 1.807) is 0 Å². The lowest BCUT2D eigenvalue weighted by Gasteiger charge is -2.11. The lowest BCUT2D eigenvalue weighted by molar-refractivity contribution is 1.19. The molecule has 7 aromatic carbocycles. The summed E-state index contributed by atoms with van der Waals surface area (Å²) < 4.78 is 6.15. The van der Waals surface area contributed by atoms with Gasteiger partial charge < -0.3 is 4.57 Å². The molecular weight excluding hydrogens is 606 g/mol. The van der Waals surface area contributed by atoms with E-state index in [0.29, 0.717) is 0 Å². The zero-order valence-corrected chi connectivity index (χ0v) is 25.5. The molecule has 0 aliphatic rings. The summed E-state index contributed by atoms with van der Waals surface area (Å²) in [4.78, 5) is 0. The van der Waals surface area contributed by atoms with Gasteiger partial charge in [0.2, 0.25) is 0 Å². The van der Waals surface area contributed by atoms with Gasteiger partial charge >= 0.3 is 0 Å². The molecule has 0 unspecified atom stereocenters. The van der Waals surface area contributed by atoms with Crippen molar-refractivity contribution in [1.29, 1.82) is 0 Å². The predicted molar refractivity (Wildman–Crippen MR) is 190 cm³/mol. The van der Waals surface area contributed by atoms with Gasteiger partial charge in [-0.25, -0.2) is 0 Å². The van der Waals surface area contributed by atoms with E-state index < -0.39 is 0 Å². The molecule has 9 aromatic rings. The number of fused-ring (bicyclic) bond motifs is 7. The monoisotopic (exact) mass is 629 g/mol. The molecule has 0 radical (unpaired) electrons. The Kier molecular flexibility index (Phi) is 5.59. The van der Waals surface area contributed by atoms with Crippen LogP contribution in [0.25, 0.3) is 80.7 Å². The van der Waals surface area contributed by atoms with Crippen molar-refractivity contribution in [2.45, 2.75) is 0 Å². The van der Waals surface area contributed by atoms with Gasteiger partial charge in [0.15, 0.2) is 0 Å². The second-order valence-corrected chi connectivity index (χ2v) is 13.2. The smallest absolute Gasteiger partial charge is 0.0547 e. The van der Waals surface area contributed by atoms with E-state index in [1.807, 2.05) is 11.3 Å². The average molecular weight is 631 g/mol. The zero-order chi connectivity index (χ0) is 28.5. The number of halogens is 1. The van der Waals surface area contributed by atoms with Gasteiger partial charge in [0, 0.05) is 41.1 Å². The minimum atomic E-state index is 1.07. The van der Waals surface area contributed by atoms with Crippen molar-refractivity contribution in [1.82, 2.24) is 4.57 Å². The molecule has 0 fully saturated rings. The molecule has 1 nitrogen and oxygen atoms in total. The van der Waals surface area contributed by atoms with Crippen molar-refractivity contribution in [3.63, 3.8) is 0 Å². The SMILES string of the molecule is Brc1cc(-c2ccc3sc4ccccc4c3c2)cc(-c2ccc3c4ccccc4n(-c4ccc5ccccc5c4)c3c2)c1. The molecule has 0 saturated heterocycles. The first-order valence-electron chi connectivity index (χ1n) is 14.4. The summed E-state index contributed by atoms with van der Waals surface area (Å²) in [5.41, 5.74) is 8.42. The number of nitrogens with zero attached hydrogens (tertiary/aromatic N) is 1. The summed E-state index contributed by atoms with van der Waals surface area (Å²) in [5.74, 6) is 0. The minimum Gasteiger partial charge on any atom is -0.309 e. The standard InChI is InChI=1S/C40H24BrNS/c41-31-20-29(27-15-18-40-36(23-27)35-10-4-6-12-39(35)43-40)19-30(21-31)28-14-17-34-33-9-3-5-11-37(33)42(38(34)24-28)32-16-13-25-7-1-2-8-26(25)22-32/h1-24H. The molecule has 0 aliphatic heterocycles. The Hall–Kier alpha value is -4.70. The first kappa shape index (κ1) is 24.9. The predicted octanol–water partition coefficient (Wildman–Crippen LogP) is 12.4. The van der Waals surface area contributed by atoms with E-state index in [-0.39, 0.29) is 0 Å². The van der Waals surface area contributed by atoms with Gasteiger partial charge in [-0.1, -0.05) is 101 Å². The summed E-state index contributed by atoms with van der Waals surface area (Å²) in [6.45, 7) is 0. The van der Waals surface area contributed by atoms with Gasteiger partial charge in [0.25, 0.3) is 0 Å². The number of rotatable bonds is 3. The quantitative estimate of drug-likeness (QED) is 0.183. The second kappa shape index (κ2) is 9.67. The Morgan fingerprint density at radius 3 is 1.98 bits per heavy atom. The van der Waals surface area contributed by atoms with Crippen LogP contribution in [0.1, 0.15) is 0 Å². The van der Waals surface area contributed by atoms with Crippen LogP contribution in [0.5, 0.6) is 0 Å². The average Bonchev–Trinajstić information content (AvgIpc) is 3.59. The molecule has 0 amide bonds. The highest BCUT2D eigenvalue weighted by Gasteiger charge is 2.15. The van der Waals surface area contributed by atoms with E-state index in [2.05, 4.69) is 166 Å². The molecule has 0 bridgehead atoms. The van der Waals surface area contributed by atoms with E-state index in [1.165, 1.54) is 80.7 Å². The number of aromatic nitrogens is 1. The van der Waals surface area contributed by atoms with E-state index in [4.69, 9.17) is 0 Å². The number of thiophene rings is 1. The summed E-state index contributed by atoms with van der Waals surface area (Å²) in [7, 11) is 0. The number of para-hydroxylation sites is 1. The second-order valence-electron chi connectivity index (χ2n) is 11.2. The van der Waals surface area contributed by atoms with Crippen molar-refractivity contribution in [2.75, 3.05) is 0 Å². The fraction of sp³-hybridized carbons (Fsp3) is 0. The normalized spacial score (nSPS) is 11.8. The Morgan fingerprint density at radius 1 is 0.419 bits per heavy atom. The molecule has 0 aliphatic carbocycles. The van der Waals surface area contributed by atoms with Gasteiger partial charge in [0.05, 0.1) is 11.0 Å². The molecule has 0 N–H and O–H groups in total. The van der Waals surface area contributed by atoms with Crippen molar-refractivity contribution in [3.8, 4) is 27.9 Å². The summed E-state index contributed by atoms with van der Waals surface area (Å²) >= 11 is 5.70. The third kappa shape index (κ3) is 4.04. The van der Waals surface area contributed by atoms with E-state index >= 15 is 0 Å². The van der Waals surface area contributed by atoms with Gasteiger partial charge in [-0.15, -0.1) is 11.3 Å². The van der Waals surface area contributed by atoms with Crippen LogP contribution in [0.3, 0.4) is 0 Å². The van der Waals surface area contributed by atoms with Crippen molar-refractivity contribution in [3.05, 3.63) is 150 Å². The zero-order valence-electron chi connectivity index (χ0n) is 23.1. The minimum absolute atomic E-state index is 1.07. The number of hydrogen-bond donors (Lipinski definition) is 0. The molecule has 2 aromatic heterocycles. The van der Waals surface area contributed by atoms with Crippen LogP contribution < -0.4 is 0 Å². The van der Waals surface area contributed by atoms with Crippen LogP contribution in [0.2, 0.25) is 0 Å². The molecule has 0 saturated carbocycles. The number of benzene rings is 7. The molecule has 43 heavy (non-hydrogen) atoms. The van der Waals surface area contributed by atoms with Crippen molar-refractivity contribution < 1.29 is 0 Å². The Labute approximate surface area is 261 Å². The Balaban J connectivity index is 1.23. The maximum atomic E-state index is 3.84. The maximum absolute atomic E-state index is 3.84. The molecule has 9 rings (SSSR count). The number of hydrogen-bond acceptors (Lipinski definition) is 1. The largest absolute Gasteiger partial charge is 0.309 e. The Morgan fingerprint density at radius 2 is 1.09 bits per heavy atom. The molecule has 3 heteroatoms. The summed E-state index contributed by atoms with van der Waals surface area (Å²) in [6.07, 6.45) is 0. The van der Waals surface area contributed by atoms with Crippen LogP contribution in [0, 0.1) is 0 Å². The lowest BCUT2D eigenvalue weighted by atomic mass is 9.97. The van der Waals surface area contributed by atoms with Gasteiger partial charge in [-0.2, -0.15) is 0 Å². The lowest BCUT2D eigenvalue weighted by Crippen LogP contribution is -1.94. The van der Waals surface area contributed by atoms with E-state index in [9.17, 15) is 0 Å². The molecule has 202 valence electrons. The van der Waals surface area contributed by atoms with E-state index in [0.717, 1.165) is 4.47 Å². The first-order valence-corrected chi connectivity index (χ1v) is 16.1. The topological polar surface area (TPSA) is 4.93 Å². The van der Waals surface area contributed by atoms with Gasteiger partial charge in [0.1, 0.15) is 0 Å².